The molecule has 2 aromatic rings. The molecule has 0 aliphatic carbocycles. The third kappa shape index (κ3) is 4.76. The van der Waals surface area contributed by atoms with Gasteiger partial charge in [0.25, 0.3) is 0 Å². The fourth-order valence-corrected chi connectivity index (χ4v) is 2.66. The molecule has 0 radical (unpaired) electrons. The molecule has 0 aliphatic rings. The standard InChI is InChI=1S/C17H20BrF3N2O2/c1-11(2)23-10-15(17(19,20)21)22-16(23)13-5-4-12(9-18)8-14(13)25-7-6-24-3/h4-5,8,10-11H,6-7,9H2,1-3H3. The van der Waals surface area contributed by atoms with E-state index in [9.17, 15) is 13.2 Å². The van der Waals surface area contributed by atoms with Gasteiger partial charge in [0.1, 0.15) is 18.2 Å². The second-order valence-electron chi connectivity index (χ2n) is 5.75. The Labute approximate surface area is 153 Å². The van der Waals surface area contributed by atoms with Crippen LogP contribution in [-0.4, -0.2) is 29.9 Å². The number of nitrogens with zero attached hydrogens (tertiary/aromatic N) is 2. The van der Waals surface area contributed by atoms with Crippen molar-refractivity contribution in [3.63, 3.8) is 0 Å². The molecular formula is C17H20BrF3N2O2. The second kappa shape index (κ2) is 8.23. The Kier molecular flexibility index (Phi) is 6.51. The maximum atomic E-state index is 13.1. The van der Waals surface area contributed by atoms with E-state index in [1.807, 2.05) is 19.9 Å². The zero-order chi connectivity index (χ0) is 18.6. The molecule has 0 unspecified atom stereocenters. The molecule has 8 heteroatoms. The molecule has 25 heavy (non-hydrogen) atoms. The Balaban J connectivity index is 2.54. The lowest BCUT2D eigenvalue weighted by Gasteiger charge is -2.15. The lowest BCUT2D eigenvalue weighted by Crippen LogP contribution is -2.07. The van der Waals surface area contributed by atoms with E-state index in [-0.39, 0.29) is 11.9 Å². The van der Waals surface area contributed by atoms with Gasteiger partial charge in [0.2, 0.25) is 0 Å². The van der Waals surface area contributed by atoms with Gasteiger partial charge in [-0.05, 0) is 31.5 Å². The van der Waals surface area contributed by atoms with Crippen molar-refractivity contribution in [3.8, 4) is 17.1 Å². The monoisotopic (exact) mass is 420 g/mol. The topological polar surface area (TPSA) is 36.3 Å². The van der Waals surface area contributed by atoms with E-state index in [2.05, 4.69) is 20.9 Å². The molecule has 1 aromatic heterocycles. The fourth-order valence-electron chi connectivity index (χ4n) is 2.31. The Morgan fingerprint density at radius 2 is 1.96 bits per heavy atom. The van der Waals surface area contributed by atoms with Gasteiger partial charge in [0.05, 0.1) is 12.2 Å². The van der Waals surface area contributed by atoms with E-state index in [4.69, 9.17) is 9.47 Å². The number of halogens is 4. The lowest BCUT2D eigenvalue weighted by atomic mass is 10.1. The molecule has 0 spiro atoms. The summed E-state index contributed by atoms with van der Waals surface area (Å²) in [6, 6.07) is 5.19. The van der Waals surface area contributed by atoms with E-state index in [1.165, 1.54) is 4.57 Å². The highest BCUT2D eigenvalue weighted by atomic mass is 79.9. The van der Waals surface area contributed by atoms with E-state index in [1.54, 1.807) is 19.2 Å². The Hall–Kier alpha value is -1.54. The second-order valence-corrected chi connectivity index (χ2v) is 6.31. The molecule has 4 nitrogen and oxygen atoms in total. The fraction of sp³-hybridized carbons (Fsp3) is 0.471. The lowest BCUT2D eigenvalue weighted by molar-refractivity contribution is -0.140. The molecular weight excluding hydrogens is 401 g/mol. The number of rotatable bonds is 7. The minimum absolute atomic E-state index is 0.179. The van der Waals surface area contributed by atoms with Crippen LogP contribution in [0.25, 0.3) is 11.4 Å². The van der Waals surface area contributed by atoms with Crippen molar-refractivity contribution in [1.82, 2.24) is 9.55 Å². The maximum Gasteiger partial charge on any atom is 0.434 e. The van der Waals surface area contributed by atoms with Crippen LogP contribution in [-0.2, 0) is 16.2 Å². The normalized spacial score (nSPS) is 12.0. The van der Waals surface area contributed by atoms with E-state index < -0.39 is 11.9 Å². The first-order valence-electron chi connectivity index (χ1n) is 7.75. The molecule has 0 aliphatic heterocycles. The summed E-state index contributed by atoms with van der Waals surface area (Å²) in [5.74, 6) is 0.714. The number of aromatic nitrogens is 2. The summed E-state index contributed by atoms with van der Waals surface area (Å²) in [6.07, 6.45) is -3.46. The highest BCUT2D eigenvalue weighted by Gasteiger charge is 2.35. The first-order chi connectivity index (χ1) is 11.8. The average Bonchev–Trinajstić information content (AvgIpc) is 3.00. The minimum atomic E-state index is -4.50. The highest BCUT2D eigenvalue weighted by Crippen LogP contribution is 2.36. The van der Waals surface area contributed by atoms with Crippen LogP contribution in [0.15, 0.2) is 24.4 Å². The molecule has 0 fully saturated rings. The van der Waals surface area contributed by atoms with Crippen LogP contribution < -0.4 is 4.74 Å². The predicted octanol–water partition coefficient (Wildman–Crippen LogP) is 5.07. The first-order valence-corrected chi connectivity index (χ1v) is 8.87. The summed E-state index contributed by atoms with van der Waals surface area (Å²) in [7, 11) is 1.56. The number of hydrogen-bond acceptors (Lipinski definition) is 3. The van der Waals surface area contributed by atoms with Crippen LogP contribution in [0.4, 0.5) is 13.2 Å². The molecule has 0 amide bonds. The van der Waals surface area contributed by atoms with Gasteiger partial charge in [-0.3, -0.25) is 0 Å². The van der Waals surface area contributed by atoms with Gasteiger partial charge in [-0.15, -0.1) is 0 Å². The zero-order valence-electron chi connectivity index (χ0n) is 14.2. The largest absolute Gasteiger partial charge is 0.490 e. The summed E-state index contributed by atoms with van der Waals surface area (Å²) in [6.45, 7) is 4.29. The molecule has 0 bridgehead atoms. The van der Waals surface area contributed by atoms with Gasteiger partial charge in [-0.1, -0.05) is 22.0 Å². The van der Waals surface area contributed by atoms with Crippen molar-refractivity contribution in [2.45, 2.75) is 31.4 Å². The molecule has 0 saturated carbocycles. The number of methoxy groups -OCH3 is 1. The van der Waals surface area contributed by atoms with E-state index in [0.717, 1.165) is 11.8 Å². The molecule has 1 heterocycles. The number of ether oxygens (including phenoxy) is 2. The van der Waals surface area contributed by atoms with Gasteiger partial charge >= 0.3 is 6.18 Å². The van der Waals surface area contributed by atoms with Crippen molar-refractivity contribution in [3.05, 3.63) is 35.7 Å². The molecule has 0 atom stereocenters. The van der Waals surface area contributed by atoms with Gasteiger partial charge in [-0.25, -0.2) is 4.98 Å². The van der Waals surface area contributed by atoms with Gasteiger partial charge < -0.3 is 14.0 Å². The van der Waals surface area contributed by atoms with Crippen LogP contribution in [0.1, 0.15) is 31.1 Å². The number of alkyl halides is 4. The van der Waals surface area contributed by atoms with Gasteiger partial charge in [0.15, 0.2) is 5.69 Å². The summed E-state index contributed by atoms with van der Waals surface area (Å²) < 4.78 is 51.5. The molecule has 138 valence electrons. The Bertz CT molecular complexity index is 714. The van der Waals surface area contributed by atoms with Crippen LogP contribution in [0.5, 0.6) is 5.75 Å². The third-order valence-corrected chi connectivity index (χ3v) is 4.21. The SMILES string of the molecule is COCCOc1cc(CBr)ccc1-c1nc(C(F)(F)F)cn1C(C)C. The quantitative estimate of drug-likeness (QED) is 0.463. The molecule has 1 aromatic carbocycles. The highest BCUT2D eigenvalue weighted by molar-refractivity contribution is 9.08. The number of benzene rings is 1. The minimum Gasteiger partial charge on any atom is -0.490 e. The van der Waals surface area contributed by atoms with Crippen molar-refractivity contribution < 1.29 is 22.6 Å². The van der Waals surface area contributed by atoms with Crippen LogP contribution in [0.3, 0.4) is 0 Å². The number of imidazole rings is 1. The summed E-state index contributed by atoms with van der Waals surface area (Å²) >= 11 is 3.37. The van der Waals surface area contributed by atoms with Crippen molar-refractivity contribution >= 4 is 15.9 Å². The van der Waals surface area contributed by atoms with Crippen LogP contribution in [0.2, 0.25) is 0 Å². The van der Waals surface area contributed by atoms with Crippen molar-refractivity contribution in [2.75, 3.05) is 20.3 Å². The third-order valence-electron chi connectivity index (χ3n) is 3.57. The van der Waals surface area contributed by atoms with Crippen LogP contribution in [0, 0.1) is 0 Å². The molecule has 0 saturated heterocycles. The smallest absolute Gasteiger partial charge is 0.434 e. The summed E-state index contributed by atoms with van der Waals surface area (Å²) in [5, 5.41) is 0.611. The molecule has 2 rings (SSSR count). The van der Waals surface area contributed by atoms with E-state index in [0.29, 0.717) is 29.9 Å². The van der Waals surface area contributed by atoms with Crippen LogP contribution >= 0.6 is 15.9 Å². The summed E-state index contributed by atoms with van der Waals surface area (Å²) in [4.78, 5) is 3.83. The summed E-state index contributed by atoms with van der Waals surface area (Å²) in [5.41, 5.74) is 0.559. The zero-order valence-corrected chi connectivity index (χ0v) is 15.8. The average molecular weight is 421 g/mol. The Morgan fingerprint density at radius 1 is 1.24 bits per heavy atom. The number of hydrogen-bond donors (Lipinski definition) is 0. The van der Waals surface area contributed by atoms with Crippen molar-refractivity contribution in [1.29, 1.82) is 0 Å². The van der Waals surface area contributed by atoms with Gasteiger partial charge in [0, 0.05) is 24.7 Å². The molecule has 0 N–H and O–H groups in total. The van der Waals surface area contributed by atoms with Gasteiger partial charge in [-0.2, -0.15) is 13.2 Å². The van der Waals surface area contributed by atoms with Crippen molar-refractivity contribution in [2.24, 2.45) is 0 Å². The Morgan fingerprint density at radius 3 is 2.52 bits per heavy atom. The predicted molar refractivity (Wildman–Crippen MR) is 93.1 cm³/mol. The maximum absolute atomic E-state index is 13.1. The van der Waals surface area contributed by atoms with E-state index >= 15 is 0 Å². The first kappa shape index (κ1) is 19.8.